The van der Waals surface area contributed by atoms with E-state index in [9.17, 15) is 0 Å². The molecular formula is C14H30N2O3Si3. The van der Waals surface area contributed by atoms with E-state index in [4.69, 9.17) is 13.3 Å². The van der Waals surface area contributed by atoms with Crippen molar-refractivity contribution in [1.29, 1.82) is 0 Å². The first-order valence-corrected chi connectivity index (χ1v) is 17.9. The summed E-state index contributed by atoms with van der Waals surface area (Å²) in [5, 5.41) is 0. The lowest BCUT2D eigenvalue weighted by Crippen LogP contribution is -2.32. The molecule has 0 amide bonds. The highest BCUT2D eigenvalue weighted by atomic mass is 28.4. The molecule has 8 heteroatoms. The van der Waals surface area contributed by atoms with Crippen LogP contribution in [0.2, 0.25) is 58.9 Å². The van der Waals surface area contributed by atoms with Crippen molar-refractivity contribution in [3.05, 3.63) is 11.8 Å². The first kappa shape index (κ1) is 19.3. The molecule has 0 saturated heterocycles. The number of nitrogens with zero attached hydrogens (tertiary/aromatic N) is 2. The van der Waals surface area contributed by atoms with Gasteiger partial charge in [0.05, 0.1) is 12.3 Å². The molecule has 0 N–H and O–H groups in total. The van der Waals surface area contributed by atoms with Crippen molar-refractivity contribution in [1.82, 2.24) is 9.97 Å². The Morgan fingerprint density at radius 1 is 0.773 bits per heavy atom. The summed E-state index contributed by atoms with van der Waals surface area (Å²) < 4.78 is 17.9. The molecule has 126 valence electrons. The van der Waals surface area contributed by atoms with Crippen LogP contribution in [-0.2, 0) is 11.0 Å². The molecule has 0 aromatic carbocycles. The first-order chi connectivity index (χ1) is 9.73. The van der Waals surface area contributed by atoms with Gasteiger partial charge in [0, 0.05) is 6.07 Å². The molecule has 1 heterocycles. The van der Waals surface area contributed by atoms with Gasteiger partial charge in [-0.05, 0) is 58.9 Å². The van der Waals surface area contributed by atoms with Crippen LogP contribution in [0.3, 0.4) is 0 Å². The van der Waals surface area contributed by atoms with E-state index >= 15 is 0 Å². The molecule has 0 spiro atoms. The Hall–Kier alpha value is -0.709. The predicted molar refractivity (Wildman–Crippen MR) is 98.1 cm³/mol. The zero-order valence-electron chi connectivity index (χ0n) is 15.4. The highest BCUT2D eigenvalue weighted by molar-refractivity contribution is 6.71. The van der Waals surface area contributed by atoms with Gasteiger partial charge in [-0.15, -0.1) is 0 Å². The molecular weight excluding hydrogens is 328 g/mol. The fourth-order valence-corrected chi connectivity index (χ4v) is 3.45. The van der Waals surface area contributed by atoms with Crippen molar-refractivity contribution in [3.8, 4) is 11.9 Å². The maximum absolute atomic E-state index is 6.01. The van der Waals surface area contributed by atoms with E-state index in [0.29, 0.717) is 18.5 Å². The third-order valence-electron chi connectivity index (χ3n) is 2.20. The highest BCUT2D eigenvalue weighted by Crippen LogP contribution is 2.21. The maximum Gasteiger partial charge on any atom is 0.306 e. The lowest BCUT2D eigenvalue weighted by atomic mass is 10.4. The Balaban J connectivity index is 3.04. The summed E-state index contributed by atoms with van der Waals surface area (Å²) in [4.78, 5) is 8.90. The van der Waals surface area contributed by atoms with E-state index in [1.165, 1.54) is 0 Å². The standard InChI is InChI=1S/C14H30N2O3Si3/c1-20(2,3)17-11-12-10-13(18-21(4,5)6)16-14(15-12)19-22(7,8)9/h10H,11H2,1-9H3. The molecule has 0 aliphatic rings. The van der Waals surface area contributed by atoms with Crippen LogP contribution in [-0.4, -0.2) is 34.9 Å². The lowest BCUT2D eigenvalue weighted by Gasteiger charge is -2.22. The average molecular weight is 359 g/mol. The SMILES string of the molecule is C[Si](C)(C)OCc1cc(O[Si](C)(C)C)nc(O[Si](C)(C)C)n1. The van der Waals surface area contributed by atoms with E-state index in [-0.39, 0.29) is 0 Å². The van der Waals surface area contributed by atoms with E-state index in [2.05, 4.69) is 68.9 Å². The monoisotopic (exact) mass is 358 g/mol. The highest BCUT2D eigenvalue weighted by Gasteiger charge is 2.22. The minimum Gasteiger partial charge on any atom is -0.531 e. The lowest BCUT2D eigenvalue weighted by molar-refractivity contribution is 0.291. The molecule has 22 heavy (non-hydrogen) atoms. The number of aromatic nitrogens is 2. The summed E-state index contributed by atoms with van der Waals surface area (Å²) in [7, 11) is -5.09. The van der Waals surface area contributed by atoms with Crippen molar-refractivity contribution >= 4 is 25.0 Å². The zero-order chi connectivity index (χ0) is 17.2. The molecule has 0 unspecified atom stereocenters. The van der Waals surface area contributed by atoms with Gasteiger partial charge in [-0.1, -0.05) is 0 Å². The molecule has 1 aromatic rings. The molecule has 0 fully saturated rings. The van der Waals surface area contributed by atoms with Gasteiger partial charge in [0.15, 0.2) is 8.32 Å². The van der Waals surface area contributed by atoms with Crippen molar-refractivity contribution < 1.29 is 13.3 Å². The van der Waals surface area contributed by atoms with Gasteiger partial charge < -0.3 is 13.3 Å². The van der Waals surface area contributed by atoms with Crippen molar-refractivity contribution in [2.24, 2.45) is 0 Å². The summed E-state index contributed by atoms with van der Waals surface area (Å²) in [6.45, 7) is 19.7. The second-order valence-corrected chi connectivity index (χ2v) is 21.7. The molecule has 0 aliphatic heterocycles. The average Bonchev–Trinajstić information content (AvgIpc) is 2.20. The third-order valence-corrected chi connectivity index (χ3v) is 4.82. The van der Waals surface area contributed by atoms with E-state index in [1.54, 1.807) is 0 Å². The van der Waals surface area contributed by atoms with Crippen LogP contribution in [0.25, 0.3) is 0 Å². The first-order valence-electron chi connectivity index (χ1n) is 7.63. The molecule has 0 radical (unpaired) electrons. The fourth-order valence-electron chi connectivity index (χ4n) is 1.50. The second kappa shape index (κ2) is 6.81. The van der Waals surface area contributed by atoms with Crippen LogP contribution >= 0.6 is 0 Å². The van der Waals surface area contributed by atoms with Gasteiger partial charge >= 0.3 is 6.01 Å². The molecule has 0 bridgehead atoms. The van der Waals surface area contributed by atoms with Crippen molar-refractivity contribution in [3.63, 3.8) is 0 Å². The van der Waals surface area contributed by atoms with E-state index in [0.717, 1.165) is 5.69 Å². The summed E-state index contributed by atoms with van der Waals surface area (Å²) in [6, 6.07) is 2.28. The molecule has 1 aromatic heterocycles. The Morgan fingerprint density at radius 2 is 1.32 bits per heavy atom. The molecule has 5 nitrogen and oxygen atoms in total. The number of hydrogen-bond acceptors (Lipinski definition) is 5. The molecule has 0 saturated carbocycles. The Kier molecular flexibility index (Phi) is 5.99. The minimum atomic E-state index is -1.76. The smallest absolute Gasteiger partial charge is 0.306 e. The van der Waals surface area contributed by atoms with Gasteiger partial charge in [0.2, 0.25) is 22.5 Å². The summed E-state index contributed by atoms with van der Waals surface area (Å²) in [5.41, 5.74) is 0.818. The van der Waals surface area contributed by atoms with Crippen LogP contribution < -0.4 is 8.85 Å². The Labute approximate surface area is 137 Å². The topological polar surface area (TPSA) is 53.5 Å². The van der Waals surface area contributed by atoms with E-state index in [1.807, 2.05) is 6.07 Å². The minimum absolute atomic E-state index is 0.407. The quantitative estimate of drug-likeness (QED) is 0.682. The van der Waals surface area contributed by atoms with Gasteiger partial charge in [-0.3, -0.25) is 0 Å². The zero-order valence-corrected chi connectivity index (χ0v) is 18.4. The third kappa shape index (κ3) is 8.67. The summed E-state index contributed by atoms with van der Waals surface area (Å²) >= 11 is 0. The Bertz CT molecular complexity index is 471. The van der Waals surface area contributed by atoms with Gasteiger partial charge in [0.25, 0.3) is 0 Å². The van der Waals surface area contributed by atoms with Crippen molar-refractivity contribution in [2.75, 3.05) is 0 Å². The summed E-state index contributed by atoms with van der Waals surface area (Å²) in [6.07, 6.45) is 0. The largest absolute Gasteiger partial charge is 0.531 e. The number of hydrogen-bond donors (Lipinski definition) is 0. The fraction of sp³-hybridized carbons (Fsp3) is 0.714. The molecule has 0 atom stereocenters. The van der Waals surface area contributed by atoms with Gasteiger partial charge in [0.1, 0.15) is 0 Å². The van der Waals surface area contributed by atoms with Crippen LogP contribution in [0.1, 0.15) is 5.69 Å². The van der Waals surface area contributed by atoms with Gasteiger partial charge in [-0.25, -0.2) is 0 Å². The van der Waals surface area contributed by atoms with Crippen molar-refractivity contribution in [2.45, 2.75) is 65.5 Å². The predicted octanol–water partition coefficient (Wildman–Crippen LogP) is 4.26. The van der Waals surface area contributed by atoms with Crippen LogP contribution in [0.5, 0.6) is 11.9 Å². The normalized spacial score (nSPS) is 13.1. The molecule has 0 aliphatic carbocycles. The molecule has 1 rings (SSSR count). The maximum atomic E-state index is 6.01. The van der Waals surface area contributed by atoms with Crippen LogP contribution in [0, 0.1) is 0 Å². The second-order valence-electron chi connectivity index (χ2n) is 8.31. The Morgan fingerprint density at radius 3 is 1.77 bits per heavy atom. The van der Waals surface area contributed by atoms with Crippen LogP contribution in [0.15, 0.2) is 6.07 Å². The van der Waals surface area contributed by atoms with Crippen LogP contribution in [0.4, 0.5) is 0 Å². The van der Waals surface area contributed by atoms with Gasteiger partial charge in [-0.2, -0.15) is 9.97 Å². The van der Waals surface area contributed by atoms with E-state index < -0.39 is 25.0 Å². The summed E-state index contributed by atoms with van der Waals surface area (Å²) in [5.74, 6) is 0.594. The number of rotatable bonds is 7.